The quantitative estimate of drug-likeness (QED) is 0.453. The van der Waals surface area contributed by atoms with E-state index in [2.05, 4.69) is 32.3 Å². The monoisotopic (exact) mass is 301 g/mol. The number of amides is 1. The van der Waals surface area contributed by atoms with E-state index in [1.807, 2.05) is 0 Å². The van der Waals surface area contributed by atoms with Gasteiger partial charge < -0.3 is 9.47 Å². The van der Waals surface area contributed by atoms with E-state index in [0.717, 1.165) is 5.56 Å². The van der Waals surface area contributed by atoms with Gasteiger partial charge in [0, 0.05) is 0 Å². The summed E-state index contributed by atoms with van der Waals surface area (Å²) in [5.74, 6) is 0.771. The molecule has 8 nitrogen and oxygen atoms in total. The number of hydrazone groups is 1. The van der Waals surface area contributed by atoms with E-state index in [0.29, 0.717) is 18.1 Å². The molecule has 0 aliphatic heterocycles. The Kier molecular flexibility index (Phi) is 5.25. The Morgan fingerprint density at radius 3 is 3.05 bits per heavy atom. The van der Waals surface area contributed by atoms with Crippen molar-refractivity contribution in [1.29, 1.82) is 0 Å². The third kappa shape index (κ3) is 3.92. The van der Waals surface area contributed by atoms with Crippen molar-refractivity contribution in [2.24, 2.45) is 5.10 Å². The number of hydrogen-bond donors (Lipinski definition) is 2. The van der Waals surface area contributed by atoms with E-state index in [-0.39, 0.29) is 5.82 Å². The van der Waals surface area contributed by atoms with Crippen LogP contribution in [0.3, 0.4) is 0 Å². The van der Waals surface area contributed by atoms with Gasteiger partial charge >= 0.3 is 5.91 Å². The number of nitrogens with one attached hydrogen (secondary N) is 2. The zero-order valence-electron chi connectivity index (χ0n) is 11.9. The Balaban J connectivity index is 2.01. The molecule has 1 aromatic heterocycles. The van der Waals surface area contributed by atoms with E-state index >= 15 is 0 Å². The second kappa shape index (κ2) is 7.58. The number of methoxy groups -OCH3 is 1. The molecule has 2 aromatic rings. The van der Waals surface area contributed by atoms with E-state index in [1.54, 1.807) is 31.4 Å². The van der Waals surface area contributed by atoms with Crippen LogP contribution in [0.2, 0.25) is 0 Å². The maximum absolute atomic E-state index is 11.6. The van der Waals surface area contributed by atoms with E-state index < -0.39 is 5.91 Å². The number of aromatic nitrogens is 3. The lowest BCUT2D eigenvalue weighted by Crippen LogP contribution is -2.19. The molecule has 22 heavy (non-hydrogen) atoms. The third-order valence-corrected chi connectivity index (χ3v) is 2.55. The van der Waals surface area contributed by atoms with E-state index in [1.165, 1.54) is 12.5 Å². The molecule has 0 radical (unpaired) electrons. The maximum Gasteiger partial charge on any atom is 0.308 e. The van der Waals surface area contributed by atoms with Gasteiger partial charge in [-0.1, -0.05) is 12.7 Å². The largest absolute Gasteiger partial charge is 0.493 e. The minimum Gasteiger partial charge on any atom is -0.493 e. The van der Waals surface area contributed by atoms with E-state index in [9.17, 15) is 4.79 Å². The molecule has 0 aliphatic carbocycles. The molecule has 0 saturated heterocycles. The summed E-state index contributed by atoms with van der Waals surface area (Å²) in [7, 11) is 1.54. The topological polar surface area (TPSA) is 101 Å². The van der Waals surface area contributed by atoms with Crippen molar-refractivity contribution >= 4 is 12.1 Å². The molecule has 0 fully saturated rings. The number of nitrogens with zero attached hydrogens (tertiary/aromatic N) is 3. The van der Waals surface area contributed by atoms with E-state index in [4.69, 9.17) is 9.47 Å². The van der Waals surface area contributed by atoms with Crippen molar-refractivity contribution in [1.82, 2.24) is 20.6 Å². The Labute approximate surface area is 126 Å². The fourth-order valence-electron chi connectivity index (χ4n) is 1.57. The molecule has 1 aromatic carbocycles. The SMILES string of the molecule is C=CCOc1ccc(/C=N\NC(=O)c2ncn[nH]2)cc1OC. The molecule has 8 heteroatoms. The Bertz CT molecular complexity index is 667. The van der Waals surface area contributed by atoms with Crippen LogP contribution >= 0.6 is 0 Å². The summed E-state index contributed by atoms with van der Waals surface area (Å²) >= 11 is 0. The van der Waals surface area contributed by atoms with Crippen LogP contribution in [-0.4, -0.2) is 41.0 Å². The van der Waals surface area contributed by atoms with Gasteiger partial charge in [-0.2, -0.15) is 10.2 Å². The highest BCUT2D eigenvalue weighted by Crippen LogP contribution is 2.27. The van der Waals surface area contributed by atoms with Crippen molar-refractivity contribution in [3.05, 3.63) is 48.6 Å². The molecular weight excluding hydrogens is 286 g/mol. The van der Waals surface area contributed by atoms with Crippen LogP contribution in [-0.2, 0) is 0 Å². The van der Waals surface area contributed by atoms with Crippen molar-refractivity contribution in [2.75, 3.05) is 13.7 Å². The fraction of sp³-hybridized carbons (Fsp3) is 0.143. The van der Waals surface area contributed by atoms with Gasteiger partial charge in [0.25, 0.3) is 0 Å². The first-order valence-corrected chi connectivity index (χ1v) is 6.35. The number of hydrogen-bond acceptors (Lipinski definition) is 6. The average molecular weight is 301 g/mol. The van der Waals surface area contributed by atoms with Gasteiger partial charge in [-0.05, 0) is 23.8 Å². The highest BCUT2D eigenvalue weighted by atomic mass is 16.5. The second-order valence-electron chi connectivity index (χ2n) is 4.04. The first-order chi connectivity index (χ1) is 10.7. The summed E-state index contributed by atoms with van der Waals surface area (Å²) in [6.07, 6.45) is 4.37. The zero-order chi connectivity index (χ0) is 15.8. The van der Waals surface area contributed by atoms with Gasteiger partial charge in [-0.3, -0.25) is 9.89 Å². The normalized spacial score (nSPS) is 10.4. The Morgan fingerprint density at radius 1 is 1.50 bits per heavy atom. The number of rotatable bonds is 7. The molecule has 0 bridgehead atoms. The van der Waals surface area contributed by atoms with Crippen LogP contribution in [0.5, 0.6) is 11.5 Å². The lowest BCUT2D eigenvalue weighted by atomic mass is 10.2. The van der Waals surface area contributed by atoms with Gasteiger partial charge in [0.05, 0.1) is 13.3 Å². The summed E-state index contributed by atoms with van der Waals surface area (Å²) in [5, 5.41) is 9.86. The first kappa shape index (κ1) is 15.2. The molecule has 1 heterocycles. The number of benzene rings is 1. The molecule has 0 spiro atoms. The van der Waals surface area contributed by atoms with Crippen molar-refractivity contribution in [2.45, 2.75) is 0 Å². The third-order valence-electron chi connectivity index (χ3n) is 2.55. The number of carbonyl (C=O) groups is 1. The predicted octanol–water partition coefficient (Wildman–Crippen LogP) is 1.14. The second-order valence-corrected chi connectivity index (χ2v) is 4.04. The molecule has 2 rings (SSSR count). The number of aromatic amines is 1. The molecule has 1 amide bonds. The summed E-state index contributed by atoms with van der Waals surface area (Å²) in [6.45, 7) is 3.97. The van der Waals surface area contributed by atoms with Gasteiger partial charge in [0.2, 0.25) is 5.82 Å². The molecule has 0 atom stereocenters. The van der Waals surface area contributed by atoms with Crippen LogP contribution in [0.4, 0.5) is 0 Å². The lowest BCUT2D eigenvalue weighted by molar-refractivity contribution is 0.0945. The molecule has 114 valence electrons. The van der Waals surface area contributed by atoms with Crippen LogP contribution in [0.25, 0.3) is 0 Å². The van der Waals surface area contributed by atoms with Gasteiger partial charge in [-0.25, -0.2) is 10.4 Å². The number of ether oxygens (including phenoxy) is 2. The summed E-state index contributed by atoms with van der Waals surface area (Å²) in [6, 6.07) is 5.27. The van der Waals surface area contributed by atoms with Crippen molar-refractivity contribution in [3.63, 3.8) is 0 Å². The minimum absolute atomic E-state index is 0.0860. The first-order valence-electron chi connectivity index (χ1n) is 6.35. The van der Waals surface area contributed by atoms with Crippen molar-refractivity contribution < 1.29 is 14.3 Å². The smallest absolute Gasteiger partial charge is 0.308 e. The summed E-state index contributed by atoms with van der Waals surface area (Å²) < 4.78 is 10.7. The predicted molar refractivity (Wildman–Crippen MR) is 80.1 cm³/mol. The van der Waals surface area contributed by atoms with Crippen LogP contribution < -0.4 is 14.9 Å². The van der Waals surface area contributed by atoms with Gasteiger partial charge in [-0.15, -0.1) is 0 Å². The van der Waals surface area contributed by atoms with Gasteiger partial charge in [0.1, 0.15) is 12.9 Å². The summed E-state index contributed by atoms with van der Waals surface area (Å²) in [4.78, 5) is 15.3. The standard InChI is InChI=1S/C14H15N5O3/c1-3-6-22-11-5-4-10(7-12(11)21-2)8-16-19-14(20)13-15-9-17-18-13/h3-5,7-9H,1,6H2,2H3,(H,19,20)(H,15,17,18)/b16-8-. The number of H-pyrrole nitrogens is 1. The highest BCUT2D eigenvalue weighted by Gasteiger charge is 2.07. The van der Waals surface area contributed by atoms with Crippen LogP contribution in [0.1, 0.15) is 16.2 Å². The molecule has 0 aliphatic rings. The molecule has 0 saturated carbocycles. The Morgan fingerprint density at radius 2 is 2.36 bits per heavy atom. The van der Waals surface area contributed by atoms with Crippen molar-refractivity contribution in [3.8, 4) is 11.5 Å². The molecule has 0 unspecified atom stereocenters. The minimum atomic E-state index is -0.480. The molecule has 2 N–H and O–H groups in total. The number of carbonyl (C=O) groups excluding carboxylic acids is 1. The lowest BCUT2D eigenvalue weighted by Gasteiger charge is -2.09. The zero-order valence-corrected chi connectivity index (χ0v) is 11.9. The van der Waals surface area contributed by atoms with Crippen LogP contribution in [0, 0.1) is 0 Å². The highest BCUT2D eigenvalue weighted by molar-refractivity contribution is 5.91. The fourth-order valence-corrected chi connectivity index (χ4v) is 1.57. The summed E-state index contributed by atoms with van der Waals surface area (Å²) in [5.41, 5.74) is 3.07. The average Bonchev–Trinajstić information content (AvgIpc) is 3.07. The maximum atomic E-state index is 11.6. The van der Waals surface area contributed by atoms with Gasteiger partial charge in [0.15, 0.2) is 11.5 Å². The molecular formula is C14H15N5O3. The van der Waals surface area contributed by atoms with Crippen LogP contribution in [0.15, 0.2) is 42.3 Å². The Hall–Kier alpha value is -3.16.